The van der Waals surface area contributed by atoms with Crippen LogP contribution in [0.2, 0.25) is 0 Å². The molecule has 2 N–H and O–H groups in total. The van der Waals surface area contributed by atoms with Crippen molar-refractivity contribution in [2.75, 3.05) is 0 Å². The molecule has 136 valence electrons. The molecular weight excluding hydrogens is 360 g/mol. The third-order valence-electron chi connectivity index (χ3n) is 4.80. The number of H-pyrrole nitrogens is 1. The Labute approximate surface area is 159 Å². The molecule has 7 heteroatoms. The van der Waals surface area contributed by atoms with Crippen molar-refractivity contribution in [3.05, 3.63) is 63.0 Å². The van der Waals surface area contributed by atoms with Crippen LogP contribution in [-0.2, 0) is 7.05 Å². The average Bonchev–Trinajstić information content (AvgIpc) is 3.22. The van der Waals surface area contributed by atoms with Crippen LogP contribution in [0.3, 0.4) is 0 Å². The van der Waals surface area contributed by atoms with E-state index in [0.717, 1.165) is 17.0 Å². The number of hydrogen-bond acceptors (Lipinski definition) is 5. The summed E-state index contributed by atoms with van der Waals surface area (Å²) in [4.78, 5) is 23.4. The Hall–Kier alpha value is -3.19. The Kier molecular flexibility index (Phi) is 4.16. The summed E-state index contributed by atoms with van der Waals surface area (Å²) >= 11 is 1.43. The van der Waals surface area contributed by atoms with Crippen LogP contribution < -0.4 is 5.56 Å². The SMILES string of the molecule is Cc1cc(-c2csc(/N=C/c3c(O)[nH]c(=O)c4ccccc34)n2)c(C)n1C. The number of aryl methyl sites for hydroxylation is 1. The van der Waals surface area contributed by atoms with E-state index in [-0.39, 0.29) is 11.4 Å². The molecule has 0 aliphatic heterocycles. The zero-order chi connectivity index (χ0) is 19.1. The Morgan fingerprint density at radius 3 is 2.70 bits per heavy atom. The van der Waals surface area contributed by atoms with Crippen molar-refractivity contribution in [1.82, 2.24) is 14.5 Å². The predicted octanol–water partition coefficient (Wildman–Crippen LogP) is 4.06. The van der Waals surface area contributed by atoms with Crippen LogP contribution in [0, 0.1) is 13.8 Å². The van der Waals surface area contributed by atoms with Crippen LogP contribution in [-0.4, -0.2) is 25.9 Å². The van der Waals surface area contributed by atoms with E-state index in [2.05, 4.69) is 39.4 Å². The third-order valence-corrected chi connectivity index (χ3v) is 5.54. The standard InChI is InChI=1S/C20H18N4O2S/c1-11-8-15(12(2)24(11)3)17-10-27-20(22-17)21-9-16-13-6-4-5-7-14(13)18(25)23-19(16)26/h4-10H,1-3H3,(H2,23,25,26)/b21-9+. The van der Waals surface area contributed by atoms with Gasteiger partial charge in [0.25, 0.3) is 5.56 Å². The second-order valence-electron chi connectivity index (χ2n) is 6.38. The quantitative estimate of drug-likeness (QED) is 0.527. The minimum absolute atomic E-state index is 0.200. The molecular formula is C20H18N4O2S. The first kappa shape index (κ1) is 17.2. The normalized spacial score (nSPS) is 11.7. The second kappa shape index (κ2) is 6.51. The molecule has 0 fully saturated rings. The van der Waals surface area contributed by atoms with Crippen LogP contribution >= 0.6 is 11.3 Å². The minimum atomic E-state index is -0.327. The topological polar surface area (TPSA) is 83.3 Å². The van der Waals surface area contributed by atoms with Crippen molar-refractivity contribution >= 4 is 33.5 Å². The maximum atomic E-state index is 12.0. The number of rotatable bonds is 3. The highest BCUT2D eigenvalue weighted by Crippen LogP contribution is 2.31. The number of aromatic nitrogens is 3. The van der Waals surface area contributed by atoms with Gasteiger partial charge < -0.3 is 9.67 Å². The van der Waals surface area contributed by atoms with Crippen molar-refractivity contribution < 1.29 is 5.11 Å². The molecule has 27 heavy (non-hydrogen) atoms. The molecule has 0 aliphatic rings. The zero-order valence-corrected chi connectivity index (χ0v) is 16.0. The highest BCUT2D eigenvalue weighted by Gasteiger charge is 2.12. The molecule has 0 atom stereocenters. The van der Waals surface area contributed by atoms with E-state index in [4.69, 9.17) is 0 Å². The molecule has 1 aromatic carbocycles. The fourth-order valence-corrected chi connectivity index (χ4v) is 3.76. The first-order chi connectivity index (χ1) is 13.0. The molecule has 0 aliphatic carbocycles. The van der Waals surface area contributed by atoms with Crippen LogP contribution in [0.15, 0.2) is 45.5 Å². The van der Waals surface area contributed by atoms with Gasteiger partial charge in [0.2, 0.25) is 11.0 Å². The van der Waals surface area contributed by atoms with E-state index < -0.39 is 0 Å². The Morgan fingerprint density at radius 1 is 1.26 bits per heavy atom. The van der Waals surface area contributed by atoms with Crippen LogP contribution in [0.5, 0.6) is 5.88 Å². The molecule has 0 unspecified atom stereocenters. The number of aromatic hydroxyl groups is 1. The fraction of sp³-hybridized carbons (Fsp3) is 0.150. The summed E-state index contributed by atoms with van der Waals surface area (Å²) in [6, 6.07) is 9.22. The number of nitrogens with zero attached hydrogens (tertiary/aromatic N) is 3. The van der Waals surface area contributed by atoms with Gasteiger partial charge in [0, 0.05) is 46.4 Å². The summed E-state index contributed by atoms with van der Waals surface area (Å²) in [5.41, 5.74) is 4.43. The monoisotopic (exact) mass is 378 g/mol. The summed E-state index contributed by atoms with van der Waals surface area (Å²) < 4.78 is 2.13. The van der Waals surface area contributed by atoms with Gasteiger partial charge in [-0.3, -0.25) is 9.78 Å². The third kappa shape index (κ3) is 2.96. The highest BCUT2D eigenvalue weighted by molar-refractivity contribution is 7.13. The largest absolute Gasteiger partial charge is 0.494 e. The molecule has 6 nitrogen and oxygen atoms in total. The predicted molar refractivity (Wildman–Crippen MR) is 109 cm³/mol. The average molecular weight is 378 g/mol. The Morgan fingerprint density at radius 2 is 2.00 bits per heavy atom. The smallest absolute Gasteiger partial charge is 0.258 e. The minimum Gasteiger partial charge on any atom is -0.494 e. The molecule has 4 rings (SSSR count). The summed E-state index contributed by atoms with van der Waals surface area (Å²) in [5, 5.41) is 13.9. The van der Waals surface area contributed by atoms with Crippen molar-refractivity contribution in [2.24, 2.45) is 12.0 Å². The number of pyridine rings is 1. The van der Waals surface area contributed by atoms with Crippen LogP contribution in [0.1, 0.15) is 17.0 Å². The molecule has 0 saturated carbocycles. The van der Waals surface area contributed by atoms with Crippen molar-refractivity contribution in [1.29, 1.82) is 0 Å². The number of fused-ring (bicyclic) bond motifs is 1. The number of nitrogens with one attached hydrogen (secondary N) is 1. The number of benzene rings is 1. The van der Waals surface area contributed by atoms with Crippen LogP contribution in [0.4, 0.5) is 5.13 Å². The molecule has 0 bridgehead atoms. The second-order valence-corrected chi connectivity index (χ2v) is 7.22. The maximum absolute atomic E-state index is 12.0. The lowest BCUT2D eigenvalue weighted by molar-refractivity contribution is 0.452. The maximum Gasteiger partial charge on any atom is 0.258 e. The molecule has 3 heterocycles. The van der Waals surface area contributed by atoms with Gasteiger partial charge in [-0.25, -0.2) is 9.98 Å². The van der Waals surface area contributed by atoms with Gasteiger partial charge in [-0.15, -0.1) is 11.3 Å². The fourth-order valence-electron chi connectivity index (χ4n) is 3.10. The first-order valence-corrected chi connectivity index (χ1v) is 9.30. The van der Waals surface area contributed by atoms with E-state index in [1.165, 1.54) is 17.0 Å². The lowest BCUT2D eigenvalue weighted by Gasteiger charge is -2.03. The van der Waals surface area contributed by atoms with Gasteiger partial charge in [-0.05, 0) is 26.0 Å². The van der Waals surface area contributed by atoms with E-state index >= 15 is 0 Å². The van der Waals surface area contributed by atoms with Gasteiger partial charge in [-0.1, -0.05) is 18.2 Å². The molecule has 0 spiro atoms. The zero-order valence-electron chi connectivity index (χ0n) is 15.1. The first-order valence-electron chi connectivity index (χ1n) is 8.42. The molecule has 0 amide bonds. The van der Waals surface area contributed by atoms with Crippen molar-refractivity contribution in [2.45, 2.75) is 13.8 Å². The van der Waals surface area contributed by atoms with E-state index in [1.54, 1.807) is 24.4 Å². The summed E-state index contributed by atoms with van der Waals surface area (Å²) in [5.74, 6) is -0.200. The molecule has 3 aromatic heterocycles. The summed E-state index contributed by atoms with van der Waals surface area (Å²) in [6.07, 6.45) is 1.54. The van der Waals surface area contributed by atoms with E-state index in [9.17, 15) is 9.90 Å². The van der Waals surface area contributed by atoms with Gasteiger partial charge >= 0.3 is 0 Å². The lowest BCUT2D eigenvalue weighted by atomic mass is 10.1. The van der Waals surface area contributed by atoms with Gasteiger partial charge in [0.05, 0.1) is 11.3 Å². The lowest BCUT2D eigenvalue weighted by Crippen LogP contribution is -2.07. The van der Waals surface area contributed by atoms with Gasteiger partial charge in [0.15, 0.2) is 0 Å². The summed E-state index contributed by atoms with van der Waals surface area (Å²) in [6.45, 7) is 4.13. The van der Waals surface area contributed by atoms with Gasteiger partial charge in [0.1, 0.15) is 0 Å². The Bertz CT molecular complexity index is 1250. The number of aromatic amines is 1. The van der Waals surface area contributed by atoms with Crippen LogP contribution in [0.25, 0.3) is 22.0 Å². The molecule has 4 aromatic rings. The van der Waals surface area contributed by atoms with Gasteiger partial charge in [-0.2, -0.15) is 0 Å². The number of thiazole rings is 1. The number of aliphatic imine (C=N–C) groups is 1. The van der Waals surface area contributed by atoms with E-state index in [1.807, 2.05) is 18.5 Å². The summed E-state index contributed by atoms with van der Waals surface area (Å²) in [7, 11) is 2.03. The number of hydrogen-bond donors (Lipinski definition) is 2. The van der Waals surface area contributed by atoms with Crippen molar-refractivity contribution in [3.8, 4) is 17.1 Å². The molecule has 0 saturated heterocycles. The molecule has 0 radical (unpaired) electrons. The van der Waals surface area contributed by atoms with Crippen molar-refractivity contribution in [3.63, 3.8) is 0 Å². The highest BCUT2D eigenvalue weighted by atomic mass is 32.1. The van der Waals surface area contributed by atoms with E-state index in [0.29, 0.717) is 21.5 Å². The Balaban J connectivity index is 1.73.